The Balaban J connectivity index is 2.16. The second-order valence-electron chi connectivity index (χ2n) is 3.96. The van der Waals surface area contributed by atoms with Gasteiger partial charge in [-0.1, -0.05) is 13.3 Å². The first-order valence-electron chi connectivity index (χ1n) is 6.23. The third-order valence-electron chi connectivity index (χ3n) is 2.36. The fraction of sp³-hybridized carbons (Fsp3) is 0.462. The zero-order valence-electron chi connectivity index (χ0n) is 10.8. The quantitative estimate of drug-likeness (QED) is 0.749. The van der Waals surface area contributed by atoms with Crippen LogP contribution in [0.3, 0.4) is 0 Å². The highest BCUT2D eigenvalue weighted by Gasteiger charge is 2.03. The van der Waals surface area contributed by atoms with Crippen molar-refractivity contribution >= 4 is 6.03 Å². The second-order valence-corrected chi connectivity index (χ2v) is 3.96. The maximum atomic E-state index is 12.9. The molecule has 2 amide bonds. The lowest BCUT2D eigenvalue weighted by molar-refractivity contribution is 0.236. The highest BCUT2D eigenvalue weighted by molar-refractivity contribution is 5.73. The third-order valence-corrected chi connectivity index (χ3v) is 2.36. The van der Waals surface area contributed by atoms with E-state index in [1.807, 2.05) is 6.92 Å². The topological polar surface area (TPSA) is 50.4 Å². The highest BCUT2D eigenvalue weighted by atomic mass is 19.2. The van der Waals surface area contributed by atoms with Crippen molar-refractivity contribution in [1.82, 2.24) is 10.6 Å². The summed E-state index contributed by atoms with van der Waals surface area (Å²) in [5, 5.41) is 5.28. The first-order valence-corrected chi connectivity index (χ1v) is 6.23. The average molecular weight is 272 g/mol. The Morgan fingerprint density at radius 2 is 1.95 bits per heavy atom. The van der Waals surface area contributed by atoms with Crippen molar-refractivity contribution in [2.45, 2.75) is 19.8 Å². The smallest absolute Gasteiger partial charge is 0.314 e. The van der Waals surface area contributed by atoms with Gasteiger partial charge >= 0.3 is 6.03 Å². The van der Waals surface area contributed by atoms with E-state index in [1.165, 1.54) is 6.07 Å². The summed E-state index contributed by atoms with van der Waals surface area (Å²) in [6.45, 7) is 3.14. The third kappa shape index (κ3) is 6.03. The van der Waals surface area contributed by atoms with Crippen LogP contribution in [0.25, 0.3) is 0 Å². The van der Waals surface area contributed by atoms with Gasteiger partial charge in [0, 0.05) is 12.6 Å². The van der Waals surface area contributed by atoms with E-state index in [4.69, 9.17) is 4.74 Å². The molecule has 0 saturated carbocycles. The molecule has 0 saturated heterocycles. The lowest BCUT2D eigenvalue weighted by atomic mass is 10.3. The lowest BCUT2D eigenvalue weighted by Gasteiger charge is -2.09. The van der Waals surface area contributed by atoms with Gasteiger partial charge in [-0.2, -0.15) is 0 Å². The Morgan fingerprint density at radius 1 is 1.21 bits per heavy atom. The molecule has 0 aliphatic heterocycles. The van der Waals surface area contributed by atoms with Crippen molar-refractivity contribution in [3.05, 3.63) is 29.8 Å². The molecule has 6 heteroatoms. The molecule has 0 heterocycles. The van der Waals surface area contributed by atoms with Gasteiger partial charge in [0.25, 0.3) is 0 Å². The summed E-state index contributed by atoms with van der Waals surface area (Å²) >= 11 is 0. The Morgan fingerprint density at radius 3 is 2.63 bits per heavy atom. The fourth-order valence-electron chi connectivity index (χ4n) is 1.34. The molecule has 0 spiro atoms. The number of amides is 2. The number of halogens is 2. The number of unbranched alkanes of at least 4 members (excludes halogenated alkanes) is 1. The molecule has 0 atom stereocenters. The van der Waals surface area contributed by atoms with Gasteiger partial charge in [-0.3, -0.25) is 0 Å². The standard InChI is InChI=1S/C13H18F2N2O2/c1-2-3-6-16-13(18)17-7-8-19-10-4-5-11(14)12(15)9-10/h4-5,9H,2-3,6-8H2,1H3,(H2,16,17,18). The number of urea groups is 1. The van der Waals surface area contributed by atoms with E-state index in [1.54, 1.807) is 0 Å². The van der Waals surface area contributed by atoms with Crippen molar-refractivity contribution < 1.29 is 18.3 Å². The maximum Gasteiger partial charge on any atom is 0.314 e. The van der Waals surface area contributed by atoms with Crippen LogP contribution in [-0.4, -0.2) is 25.7 Å². The van der Waals surface area contributed by atoms with Crippen molar-refractivity contribution in [2.24, 2.45) is 0 Å². The summed E-state index contributed by atoms with van der Waals surface area (Å²) in [6.07, 6.45) is 1.94. The van der Waals surface area contributed by atoms with Gasteiger partial charge in [0.1, 0.15) is 12.4 Å². The summed E-state index contributed by atoms with van der Waals surface area (Å²) < 4.78 is 30.7. The maximum absolute atomic E-state index is 12.9. The molecule has 1 rings (SSSR count). The van der Waals surface area contributed by atoms with E-state index in [2.05, 4.69) is 10.6 Å². The van der Waals surface area contributed by atoms with Gasteiger partial charge in [-0.15, -0.1) is 0 Å². The molecular formula is C13H18F2N2O2. The summed E-state index contributed by atoms with van der Waals surface area (Å²) in [7, 11) is 0. The van der Waals surface area contributed by atoms with Gasteiger partial charge in [-0.05, 0) is 18.6 Å². The number of carbonyl (C=O) groups excluding carboxylic acids is 1. The van der Waals surface area contributed by atoms with Gasteiger partial charge in [0.2, 0.25) is 0 Å². The van der Waals surface area contributed by atoms with Crippen molar-refractivity contribution in [2.75, 3.05) is 19.7 Å². The minimum absolute atomic E-state index is 0.187. The van der Waals surface area contributed by atoms with E-state index in [9.17, 15) is 13.6 Å². The van der Waals surface area contributed by atoms with E-state index in [0.717, 1.165) is 25.0 Å². The summed E-state index contributed by atoms with van der Waals surface area (Å²) in [5.74, 6) is -1.64. The van der Waals surface area contributed by atoms with Crippen LogP contribution >= 0.6 is 0 Å². The SMILES string of the molecule is CCCCNC(=O)NCCOc1ccc(F)c(F)c1. The van der Waals surface area contributed by atoms with Crippen LogP contribution in [0.5, 0.6) is 5.75 Å². The highest BCUT2D eigenvalue weighted by Crippen LogP contribution is 2.14. The molecule has 4 nitrogen and oxygen atoms in total. The monoisotopic (exact) mass is 272 g/mol. The number of nitrogens with one attached hydrogen (secondary N) is 2. The molecule has 1 aromatic rings. The first kappa shape index (κ1) is 15.2. The number of carbonyl (C=O) groups is 1. The molecule has 0 fully saturated rings. The lowest BCUT2D eigenvalue weighted by Crippen LogP contribution is -2.38. The molecule has 19 heavy (non-hydrogen) atoms. The summed E-state index contributed by atoms with van der Waals surface area (Å²) in [6, 6.07) is 3.04. The molecule has 2 N–H and O–H groups in total. The zero-order chi connectivity index (χ0) is 14.1. The average Bonchev–Trinajstić information content (AvgIpc) is 2.39. The largest absolute Gasteiger partial charge is 0.492 e. The van der Waals surface area contributed by atoms with Crippen molar-refractivity contribution in [3.63, 3.8) is 0 Å². The number of hydrogen-bond acceptors (Lipinski definition) is 2. The minimum Gasteiger partial charge on any atom is -0.492 e. The van der Waals surface area contributed by atoms with Gasteiger partial charge in [0.05, 0.1) is 6.54 Å². The van der Waals surface area contributed by atoms with Crippen LogP contribution in [0.15, 0.2) is 18.2 Å². The zero-order valence-corrected chi connectivity index (χ0v) is 10.8. The molecule has 0 radical (unpaired) electrons. The van der Waals surface area contributed by atoms with Gasteiger partial charge < -0.3 is 15.4 Å². The summed E-state index contributed by atoms with van der Waals surface area (Å²) in [5.41, 5.74) is 0. The number of rotatable bonds is 7. The normalized spacial score (nSPS) is 10.1. The molecule has 0 bridgehead atoms. The van der Waals surface area contributed by atoms with Crippen LogP contribution < -0.4 is 15.4 Å². The number of hydrogen-bond donors (Lipinski definition) is 2. The van der Waals surface area contributed by atoms with Crippen LogP contribution in [0.2, 0.25) is 0 Å². The Kier molecular flexibility index (Phi) is 6.63. The van der Waals surface area contributed by atoms with E-state index >= 15 is 0 Å². The van der Waals surface area contributed by atoms with Crippen LogP contribution in [0, 0.1) is 11.6 Å². The van der Waals surface area contributed by atoms with E-state index in [0.29, 0.717) is 6.54 Å². The molecule has 0 aromatic heterocycles. The van der Waals surface area contributed by atoms with Crippen molar-refractivity contribution in [1.29, 1.82) is 0 Å². The van der Waals surface area contributed by atoms with Crippen molar-refractivity contribution in [3.8, 4) is 5.75 Å². The minimum atomic E-state index is -0.956. The molecular weight excluding hydrogens is 254 g/mol. The number of benzene rings is 1. The Bertz CT molecular complexity index is 414. The predicted octanol–water partition coefficient (Wildman–Crippen LogP) is 2.44. The number of ether oxygens (including phenoxy) is 1. The molecule has 0 aliphatic carbocycles. The fourth-order valence-corrected chi connectivity index (χ4v) is 1.34. The van der Waals surface area contributed by atoms with Crippen LogP contribution in [0.4, 0.5) is 13.6 Å². The molecule has 1 aromatic carbocycles. The molecule has 0 aliphatic rings. The second kappa shape index (κ2) is 8.29. The van der Waals surface area contributed by atoms with E-state index < -0.39 is 11.6 Å². The molecule has 106 valence electrons. The van der Waals surface area contributed by atoms with Gasteiger partial charge in [-0.25, -0.2) is 13.6 Å². The first-order chi connectivity index (χ1) is 9.13. The Labute approximate surface area is 111 Å². The van der Waals surface area contributed by atoms with Crippen LogP contribution in [0.1, 0.15) is 19.8 Å². The predicted molar refractivity (Wildman–Crippen MR) is 68.2 cm³/mol. The van der Waals surface area contributed by atoms with E-state index in [-0.39, 0.29) is 24.9 Å². The Hall–Kier alpha value is -1.85. The molecule has 0 unspecified atom stereocenters. The summed E-state index contributed by atoms with van der Waals surface area (Å²) in [4.78, 5) is 11.2. The van der Waals surface area contributed by atoms with Crippen LogP contribution in [-0.2, 0) is 0 Å². The van der Waals surface area contributed by atoms with Gasteiger partial charge in [0.15, 0.2) is 11.6 Å².